The highest BCUT2D eigenvalue weighted by Gasteiger charge is 2.19. The molecule has 0 aliphatic carbocycles. The molecule has 0 spiro atoms. The van der Waals surface area contributed by atoms with E-state index in [-0.39, 0.29) is 31.1 Å². The maximum atomic E-state index is 12.8. The molecule has 0 saturated heterocycles. The number of esters is 3. The van der Waals surface area contributed by atoms with Gasteiger partial charge < -0.3 is 14.2 Å². The van der Waals surface area contributed by atoms with Gasteiger partial charge in [0.15, 0.2) is 6.10 Å². The number of rotatable bonds is 48. The van der Waals surface area contributed by atoms with Crippen molar-refractivity contribution in [2.45, 2.75) is 245 Å². The molecule has 0 N–H and O–H groups in total. The average molecular weight is 929 g/mol. The Morgan fingerprint density at radius 2 is 0.582 bits per heavy atom. The zero-order chi connectivity index (χ0) is 48.6. The molecule has 0 bridgehead atoms. The molecule has 0 rings (SSSR count). The average Bonchev–Trinajstić information content (AvgIpc) is 3.33. The van der Waals surface area contributed by atoms with Gasteiger partial charge >= 0.3 is 17.9 Å². The van der Waals surface area contributed by atoms with Crippen molar-refractivity contribution in [3.63, 3.8) is 0 Å². The summed E-state index contributed by atoms with van der Waals surface area (Å²) in [6, 6.07) is 0. The topological polar surface area (TPSA) is 78.9 Å². The van der Waals surface area contributed by atoms with Crippen molar-refractivity contribution in [3.8, 4) is 0 Å². The minimum atomic E-state index is -0.788. The minimum Gasteiger partial charge on any atom is -0.462 e. The summed E-state index contributed by atoms with van der Waals surface area (Å²) in [6.07, 6.45) is 73.8. The summed E-state index contributed by atoms with van der Waals surface area (Å²) in [4.78, 5) is 37.9. The van der Waals surface area contributed by atoms with Crippen LogP contribution >= 0.6 is 0 Å². The molecule has 67 heavy (non-hydrogen) atoms. The van der Waals surface area contributed by atoms with Gasteiger partial charge in [-0.2, -0.15) is 0 Å². The first-order chi connectivity index (χ1) is 33.0. The Morgan fingerprint density at radius 3 is 0.910 bits per heavy atom. The van der Waals surface area contributed by atoms with Crippen LogP contribution in [-0.4, -0.2) is 37.2 Å². The lowest BCUT2D eigenvalue weighted by Gasteiger charge is -2.18. The van der Waals surface area contributed by atoms with E-state index in [2.05, 4.69) is 130 Å². The Kier molecular flexibility index (Phi) is 51.5. The van der Waals surface area contributed by atoms with Crippen molar-refractivity contribution in [1.82, 2.24) is 0 Å². The molecule has 0 radical (unpaired) electrons. The lowest BCUT2D eigenvalue weighted by atomic mass is 10.1. The molecular weight excluding hydrogens is 829 g/mol. The predicted molar refractivity (Wildman–Crippen MR) is 288 cm³/mol. The van der Waals surface area contributed by atoms with E-state index < -0.39 is 6.10 Å². The summed E-state index contributed by atoms with van der Waals surface area (Å²) < 4.78 is 16.7. The lowest BCUT2D eigenvalue weighted by Crippen LogP contribution is -2.30. The molecule has 0 aliphatic heterocycles. The first-order valence-electron chi connectivity index (χ1n) is 27.4. The Labute approximate surface area is 412 Å². The summed E-state index contributed by atoms with van der Waals surface area (Å²) >= 11 is 0. The summed E-state index contributed by atoms with van der Waals surface area (Å²) in [7, 11) is 0. The number of carbonyl (C=O) groups excluding carboxylic acids is 3. The number of allylic oxidation sites excluding steroid dienone is 18. The highest BCUT2D eigenvalue weighted by Crippen LogP contribution is 2.14. The van der Waals surface area contributed by atoms with Gasteiger partial charge in [-0.3, -0.25) is 14.4 Å². The zero-order valence-electron chi connectivity index (χ0n) is 43.4. The van der Waals surface area contributed by atoms with Crippen LogP contribution in [0.15, 0.2) is 109 Å². The van der Waals surface area contributed by atoms with Gasteiger partial charge in [0, 0.05) is 19.3 Å². The maximum absolute atomic E-state index is 12.8. The predicted octanol–water partition coefficient (Wildman–Crippen LogP) is 18.3. The van der Waals surface area contributed by atoms with Crippen LogP contribution in [-0.2, 0) is 28.6 Å². The molecule has 6 nitrogen and oxygen atoms in total. The van der Waals surface area contributed by atoms with Crippen LogP contribution in [0, 0.1) is 0 Å². The Bertz CT molecular complexity index is 1390. The quantitative estimate of drug-likeness (QED) is 0.0262. The first-order valence-corrected chi connectivity index (χ1v) is 27.4. The highest BCUT2D eigenvalue weighted by atomic mass is 16.6. The summed E-state index contributed by atoms with van der Waals surface area (Å²) in [5, 5.41) is 0. The van der Waals surface area contributed by atoms with Crippen LogP contribution < -0.4 is 0 Å². The molecule has 0 aromatic heterocycles. The van der Waals surface area contributed by atoms with Crippen LogP contribution in [0.4, 0.5) is 0 Å². The van der Waals surface area contributed by atoms with Crippen molar-refractivity contribution in [2.75, 3.05) is 13.2 Å². The lowest BCUT2D eigenvalue weighted by molar-refractivity contribution is -0.167. The molecule has 0 aliphatic rings. The minimum absolute atomic E-state index is 0.0878. The number of hydrogen-bond acceptors (Lipinski definition) is 6. The number of hydrogen-bond donors (Lipinski definition) is 0. The maximum Gasteiger partial charge on any atom is 0.306 e. The summed E-state index contributed by atoms with van der Waals surface area (Å²) in [6.45, 7) is 6.34. The third-order valence-electron chi connectivity index (χ3n) is 11.3. The SMILES string of the molecule is CC/C=C\C/C=C\C/C=C\C/C=C\C/C=C\C/C=C\CCCCCCCCC(=O)OCC(COC(=O)CCCCCCCCC)OC(=O)CCCCCCCCC/C=C\C/C=C\C/C=C\CC. The van der Waals surface area contributed by atoms with Crippen molar-refractivity contribution in [2.24, 2.45) is 0 Å². The third-order valence-corrected chi connectivity index (χ3v) is 11.3. The van der Waals surface area contributed by atoms with E-state index in [0.717, 1.165) is 135 Å². The second kappa shape index (κ2) is 54.7. The van der Waals surface area contributed by atoms with Gasteiger partial charge in [0.25, 0.3) is 0 Å². The van der Waals surface area contributed by atoms with Crippen LogP contribution in [0.5, 0.6) is 0 Å². The second-order valence-electron chi connectivity index (χ2n) is 17.7. The molecule has 1 unspecified atom stereocenters. The normalized spacial score (nSPS) is 12.9. The van der Waals surface area contributed by atoms with E-state index in [1.165, 1.54) is 64.2 Å². The van der Waals surface area contributed by atoms with Crippen LogP contribution in [0.2, 0.25) is 0 Å². The summed E-state index contributed by atoms with van der Waals surface area (Å²) in [5.41, 5.74) is 0. The molecule has 380 valence electrons. The molecular formula is C61H100O6. The van der Waals surface area contributed by atoms with Gasteiger partial charge in [-0.05, 0) is 103 Å². The van der Waals surface area contributed by atoms with Gasteiger partial charge in [0.2, 0.25) is 0 Å². The van der Waals surface area contributed by atoms with E-state index in [9.17, 15) is 14.4 Å². The zero-order valence-corrected chi connectivity index (χ0v) is 43.4. The van der Waals surface area contributed by atoms with Gasteiger partial charge in [-0.1, -0.05) is 226 Å². The monoisotopic (exact) mass is 929 g/mol. The number of carbonyl (C=O) groups is 3. The van der Waals surface area contributed by atoms with E-state index in [1.54, 1.807) is 0 Å². The Balaban J connectivity index is 4.27. The van der Waals surface area contributed by atoms with Gasteiger partial charge in [-0.25, -0.2) is 0 Å². The largest absolute Gasteiger partial charge is 0.462 e. The second-order valence-corrected chi connectivity index (χ2v) is 17.7. The summed E-state index contributed by atoms with van der Waals surface area (Å²) in [5.74, 6) is -0.922. The van der Waals surface area contributed by atoms with E-state index in [1.807, 2.05) is 0 Å². The van der Waals surface area contributed by atoms with E-state index in [4.69, 9.17) is 14.2 Å². The van der Waals surface area contributed by atoms with Crippen LogP contribution in [0.25, 0.3) is 0 Å². The van der Waals surface area contributed by atoms with Gasteiger partial charge in [-0.15, -0.1) is 0 Å². The van der Waals surface area contributed by atoms with Crippen molar-refractivity contribution >= 4 is 17.9 Å². The number of unbranched alkanes of at least 4 members (excludes halogenated alkanes) is 19. The molecule has 0 aromatic carbocycles. The fourth-order valence-electron chi connectivity index (χ4n) is 7.22. The molecule has 0 aromatic rings. The van der Waals surface area contributed by atoms with Crippen LogP contribution in [0.1, 0.15) is 239 Å². The molecule has 0 heterocycles. The molecule has 0 saturated carbocycles. The van der Waals surface area contributed by atoms with E-state index in [0.29, 0.717) is 19.3 Å². The fourth-order valence-corrected chi connectivity index (χ4v) is 7.22. The smallest absolute Gasteiger partial charge is 0.306 e. The van der Waals surface area contributed by atoms with Crippen molar-refractivity contribution in [1.29, 1.82) is 0 Å². The van der Waals surface area contributed by atoms with Gasteiger partial charge in [0.05, 0.1) is 0 Å². The first kappa shape index (κ1) is 63.1. The van der Waals surface area contributed by atoms with Gasteiger partial charge in [0.1, 0.15) is 13.2 Å². The Morgan fingerprint density at radius 1 is 0.313 bits per heavy atom. The fraction of sp³-hybridized carbons (Fsp3) is 0.656. The van der Waals surface area contributed by atoms with E-state index >= 15 is 0 Å². The van der Waals surface area contributed by atoms with Crippen molar-refractivity contribution < 1.29 is 28.6 Å². The Hall–Kier alpha value is -3.93. The molecule has 1 atom stereocenters. The third kappa shape index (κ3) is 52.9. The molecule has 6 heteroatoms. The number of ether oxygens (including phenoxy) is 3. The standard InChI is InChI=1S/C61H100O6/c1-4-7-10-13-16-18-20-22-24-26-27-28-29-30-31-32-33-35-36-38-40-42-45-48-51-54-60(63)66-57-58(56-65-59(62)53-50-47-44-15-12-9-6-3)67-61(64)55-52-49-46-43-41-39-37-34-25-23-21-19-17-14-11-8-5-2/h7-8,10-11,16-19,22-25,27-28,30-31,33,35,58H,4-6,9,12-15,20-21,26,29,32,34,36-57H2,1-3H3/b10-7-,11-8-,18-16-,19-17-,24-22-,25-23-,28-27-,31-30-,35-33-. The van der Waals surface area contributed by atoms with Crippen LogP contribution in [0.3, 0.4) is 0 Å². The van der Waals surface area contributed by atoms with Crippen molar-refractivity contribution in [3.05, 3.63) is 109 Å². The molecule has 0 amide bonds. The molecule has 0 fully saturated rings. The highest BCUT2D eigenvalue weighted by molar-refractivity contribution is 5.71.